The Bertz CT molecular complexity index is 431. The predicted octanol–water partition coefficient (Wildman–Crippen LogP) is 1.64. The van der Waals surface area contributed by atoms with E-state index in [1.54, 1.807) is 12.1 Å². The molecule has 0 aliphatic heterocycles. The summed E-state index contributed by atoms with van der Waals surface area (Å²) in [7, 11) is 0. The van der Waals surface area contributed by atoms with Gasteiger partial charge in [0.1, 0.15) is 5.02 Å². The highest BCUT2D eigenvalue weighted by atomic mass is 35.5. The quantitative estimate of drug-likeness (QED) is 0.782. The Balaban J connectivity index is 2.44. The largest absolute Gasteiger partial charge is 0.397 e. The van der Waals surface area contributed by atoms with Crippen molar-refractivity contribution in [1.82, 2.24) is 14.8 Å². The van der Waals surface area contributed by atoms with Crippen molar-refractivity contribution in [3.63, 3.8) is 0 Å². The second kappa shape index (κ2) is 3.26. The van der Waals surface area contributed by atoms with Gasteiger partial charge in [-0.3, -0.25) is 0 Å². The molecule has 2 rings (SSSR count). The SMILES string of the molecule is Nc1ccc(-n2cc(Cl)c(F)n2)nc1. The number of nitrogen functional groups attached to an aromatic ring is 1. The van der Waals surface area contributed by atoms with E-state index in [9.17, 15) is 4.39 Å². The minimum absolute atomic E-state index is 0.0383. The third kappa shape index (κ3) is 1.54. The van der Waals surface area contributed by atoms with Gasteiger partial charge in [-0.2, -0.15) is 4.39 Å². The number of aromatic nitrogens is 3. The molecule has 0 saturated heterocycles. The number of pyridine rings is 1. The van der Waals surface area contributed by atoms with E-state index >= 15 is 0 Å². The zero-order valence-electron chi connectivity index (χ0n) is 6.98. The first-order valence-corrected chi connectivity index (χ1v) is 4.17. The summed E-state index contributed by atoms with van der Waals surface area (Å²) in [4.78, 5) is 3.95. The number of rotatable bonds is 1. The van der Waals surface area contributed by atoms with E-state index in [0.29, 0.717) is 11.5 Å². The van der Waals surface area contributed by atoms with Crippen molar-refractivity contribution < 1.29 is 4.39 Å². The van der Waals surface area contributed by atoms with Crippen molar-refractivity contribution in [1.29, 1.82) is 0 Å². The highest BCUT2D eigenvalue weighted by Crippen LogP contribution is 2.14. The molecule has 72 valence electrons. The molecule has 0 unspecified atom stereocenters. The fraction of sp³-hybridized carbons (Fsp3) is 0. The molecule has 0 bridgehead atoms. The molecular weight excluding hydrogens is 207 g/mol. The van der Waals surface area contributed by atoms with Crippen LogP contribution >= 0.6 is 11.6 Å². The van der Waals surface area contributed by atoms with Crippen LogP contribution in [0.4, 0.5) is 10.1 Å². The summed E-state index contributed by atoms with van der Waals surface area (Å²) in [5.41, 5.74) is 5.98. The van der Waals surface area contributed by atoms with Crippen molar-refractivity contribution in [2.45, 2.75) is 0 Å². The molecule has 0 fully saturated rings. The summed E-state index contributed by atoms with van der Waals surface area (Å²) in [6, 6.07) is 3.27. The molecule has 2 heterocycles. The Morgan fingerprint density at radius 3 is 2.71 bits per heavy atom. The van der Waals surface area contributed by atoms with E-state index in [-0.39, 0.29) is 5.02 Å². The molecule has 2 N–H and O–H groups in total. The Morgan fingerprint density at radius 1 is 1.43 bits per heavy atom. The minimum Gasteiger partial charge on any atom is -0.397 e. The number of anilines is 1. The van der Waals surface area contributed by atoms with Crippen molar-refractivity contribution in [3.8, 4) is 5.82 Å². The third-order valence-electron chi connectivity index (χ3n) is 1.63. The van der Waals surface area contributed by atoms with Crippen LogP contribution in [0.15, 0.2) is 24.5 Å². The van der Waals surface area contributed by atoms with Crippen molar-refractivity contribution in [2.75, 3.05) is 5.73 Å². The number of hydrogen-bond donors (Lipinski definition) is 1. The van der Waals surface area contributed by atoms with Crippen LogP contribution in [0.3, 0.4) is 0 Å². The Morgan fingerprint density at radius 2 is 2.21 bits per heavy atom. The topological polar surface area (TPSA) is 56.7 Å². The maximum atomic E-state index is 12.8. The van der Waals surface area contributed by atoms with Gasteiger partial charge in [0.05, 0.1) is 18.1 Å². The summed E-state index contributed by atoms with van der Waals surface area (Å²) in [6.45, 7) is 0. The molecule has 0 saturated carbocycles. The Labute approximate surface area is 84.1 Å². The molecule has 2 aromatic rings. The van der Waals surface area contributed by atoms with E-state index < -0.39 is 5.95 Å². The lowest BCUT2D eigenvalue weighted by molar-refractivity contribution is 0.565. The highest BCUT2D eigenvalue weighted by Gasteiger charge is 2.07. The van der Waals surface area contributed by atoms with Gasteiger partial charge in [0.25, 0.3) is 5.95 Å². The molecule has 0 aliphatic rings. The van der Waals surface area contributed by atoms with Gasteiger partial charge in [-0.05, 0) is 12.1 Å². The first-order chi connectivity index (χ1) is 6.66. The summed E-state index contributed by atoms with van der Waals surface area (Å²) < 4.78 is 14.0. The zero-order chi connectivity index (χ0) is 10.1. The predicted molar refractivity (Wildman–Crippen MR) is 50.7 cm³/mol. The number of hydrogen-bond acceptors (Lipinski definition) is 3. The smallest absolute Gasteiger partial charge is 0.251 e. The van der Waals surface area contributed by atoms with Crippen LogP contribution in [0.5, 0.6) is 0 Å². The van der Waals surface area contributed by atoms with Crippen LogP contribution in [0.1, 0.15) is 0 Å². The fourth-order valence-corrected chi connectivity index (χ4v) is 1.11. The van der Waals surface area contributed by atoms with Crippen molar-refractivity contribution >= 4 is 17.3 Å². The van der Waals surface area contributed by atoms with Crippen LogP contribution in [0.2, 0.25) is 5.02 Å². The van der Waals surface area contributed by atoms with Crippen LogP contribution in [-0.4, -0.2) is 14.8 Å². The van der Waals surface area contributed by atoms with Gasteiger partial charge >= 0.3 is 0 Å². The lowest BCUT2D eigenvalue weighted by Gasteiger charge is -1.98. The first kappa shape index (κ1) is 8.96. The molecule has 0 spiro atoms. The summed E-state index contributed by atoms with van der Waals surface area (Å²) >= 11 is 5.50. The standard InChI is InChI=1S/C8H6ClFN4/c9-6-4-14(13-8(6)10)7-2-1-5(11)3-12-7/h1-4H,11H2. The summed E-state index contributed by atoms with van der Waals surface area (Å²) in [5.74, 6) is -0.254. The van der Waals surface area contributed by atoms with Gasteiger partial charge in [-0.15, -0.1) is 5.10 Å². The fourth-order valence-electron chi connectivity index (χ4n) is 0.982. The monoisotopic (exact) mass is 212 g/mol. The molecule has 0 atom stereocenters. The van der Waals surface area contributed by atoms with Crippen LogP contribution in [-0.2, 0) is 0 Å². The van der Waals surface area contributed by atoms with E-state index in [4.69, 9.17) is 17.3 Å². The first-order valence-electron chi connectivity index (χ1n) is 3.79. The molecule has 0 aliphatic carbocycles. The molecule has 0 radical (unpaired) electrons. The van der Waals surface area contributed by atoms with Crippen LogP contribution in [0.25, 0.3) is 5.82 Å². The van der Waals surface area contributed by atoms with Gasteiger partial charge in [-0.1, -0.05) is 11.6 Å². The average molecular weight is 213 g/mol. The minimum atomic E-state index is -0.717. The van der Waals surface area contributed by atoms with Crippen molar-refractivity contribution in [2.24, 2.45) is 0 Å². The molecule has 14 heavy (non-hydrogen) atoms. The normalized spacial score (nSPS) is 10.4. The molecule has 0 aromatic carbocycles. The van der Waals surface area contributed by atoms with Gasteiger partial charge in [0, 0.05) is 0 Å². The number of halogens is 2. The third-order valence-corrected chi connectivity index (χ3v) is 1.89. The molecule has 0 amide bonds. The van der Waals surface area contributed by atoms with E-state index in [1.165, 1.54) is 17.1 Å². The maximum absolute atomic E-state index is 12.8. The zero-order valence-corrected chi connectivity index (χ0v) is 7.74. The molecule has 4 nitrogen and oxygen atoms in total. The maximum Gasteiger partial charge on any atom is 0.251 e. The van der Waals surface area contributed by atoms with E-state index in [2.05, 4.69) is 10.1 Å². The lowest BCUT2D eigenvalue weighted by atomic mass is 10.4. The number of nitrogens with two attached hydrogens (primary N) is 1. The second-order valence-electron chi connectivity index (χ2n) is 2.66. The molecule has 2 aromatic heterocycles. The second-order valence-corrected chi connectivity index (χ2v) is 3.07. The van der Waals surface area contributed by atoms with Gasteiger partial charge < -0.3 is 5.73 Å². The lowest BCUT2D eigenvalue weighted by Crippen LogP contribution is -1.98. The van der Waals surface area contributed by atoms with Gasteiger partial charge in [-0.25, -0.2) is 9.67 Å². The van der Waals surface area contributed by atoms with Gasteiger partial charge in [0.15, 0.2) is 5.82 Å². The summed E-state index contributed by atoms with van der Waals surface area (Å²) in [5, 5.41) is 3.49. The van der Waals surface area contributed by atoms with Crippen LogP contribution < -0.4 is 5.73 Å². The van der Waals surface area contributed by atoms with Gasteiger partial charge in [0.2, 0.25) is 0 Å². The van der Waals surface area contributed by atoms with E-state index in [0.717, 1.165) is 0 Å². The Hall–Kier alpha value is -1.62. The highest BCUT2D eigenvalue weighted by molar-refractivity contribution is 6.30. The molecule has 6 heteroatoms. The van der Waals surface area contributed by atoms with Crippen LogP contribution in [0, 0.1) is 5.95 Å². The van der Waals surface area contributed by atoms with Crippen molar-refractivity contribution in [3.05, 3.63) is 35.5 Å². The Kier molecular flexibility index (Phi) is 2.09. The number of nitrogens with zero attached hydrogens (tertiary/aromatic N) is 3. The van der Waals surface area contributed by atoms with E-state index in [1.807, 2.05) is 0 Å². The summed E-state index contributed by atoms with van der Waals surface area (Å²) in [6.07, 6.45) is 2.80. The average Bonchev–Trinajstić information content (AvgIpc) is 2.48. The molecular formula is C8H6ClFN4.